The van der Waals surface area contributed by atoms with Crippen LogP contribution in [0, 0.1) is 6.92 Å². The lowest BCUT2D eigenvalue weighted by atomic mass is 10.1. The number of primary amides is 1. The van der Waals surface area contributed by atoms with Gasteiger partial charge in [-0.1, -0.05) is 30.3 Å². The molecule has 21 heavy (non-hydrogen) atoms. The molecule has 4 heteroatoms. The highest BCUT2D eigenvalue weighted by Gasteiger charge is 2.11. The first kappa shape index (κ1) is 13.1. The molecule has 0 unspecified atom stereocenters. The van der Waals surface area contributed by atoms with E-state index in [1.807, 2.05) is 60.0 Å². The van der Waals surface area contributed by atoms with Gasteiger partial charge in [0.2, 0.25) is 5.91 Å². The average Bonchev–Trinajstić information content (AvgIpc) is 2.83. The molecule has 3 aromatic rings. The van der Waals surface area contributed by atoms with Gasteiger partial charge in [-0.3, -0.25) is 9.20 Å². The Bertz CT molecular complexity index is 832. The quantitative estimate of drug-likeness (QED) is 0.748. The van der Waals surface area contributed by atoms with Gasteiger partial charge in [-0.05, 0) is 30.7 Å². The highest BCUT2D eigenvalue weighted by molar-refractivity contribution is 5.91. The molecule has 0 atom stereocenters. The minimum absolute atomic E-state index is 0.476. The fourth-order valence-corrected chi connectivity index (χ4v) is 2.29. The molecule has 2 N–H and O–H groups in total. The summed E-state index contributed by atoms with van der Waals surface area (Å²) >= 11 is 0. The van der Waals surface area contributed by atoms with Crippen molar-refractivity contribution in [1.82, 2.24) is 9.38 Å². The third-order valence-electron chi connectivity index (χ3n) is 3.27. The van der Waals surface area contributed by atoms with E-state index in [0.29, 0.717) is 0 Å². The number of benzene rings is 1. The smallest absolute Gasteiger partial charge is 0.241 e. The first-order chi connectivity index (χ1) is 10.1. The molecule has 0 bridgehead atoms. The molecule has 0 aliphatic heterocycles. The highest BCUT2D eigenvalue weighted by Crippen LogP contribution is 2.25. The second kappa shape index (κ2) is 5.25. The molecule has 2 aromatic heterocycles. The van der Waals surface area contributed by atoms with Crippen molar-refractivity contribution in [1.29, 1.82) is 0 Å². The molecule has 0 aliphatic carbocycles. The lowest BCUT2D eigenvalue weighted by Crippen LogP contribution is -2.05. The van der Waals surface area contributed by atoms with E-state index in [2.05, 4.69) is 4.98 Å². The number of aromatic nitrogens is 2. The number of aryl methyl sites for hydroxylation is 1. The van der Waals surface area contributed by atoms with Crippen molar-refractivity contribution in [3.8, 4) is 11.3 Å². The second-order valence-corrected chi connectivity index (χ2v) is 4.88. The fourth-order valence-electron chi connectivity index (χ4n) is 2.29. The van der Waals surface area contributed by atoms with Crippen LogP contribution in [0.1, 0.15) is 11.3 Å². The number of carbonyl (C=O) groups excluding carboxylic acids is 1. The zero-order valence-electron chi connectivity index (χ0n) is 11.7. The molecule has 3 rings (SSSR count). The topological polar surface area (TPSA) is 60.4 Å². The number of amides is 1. The maximum Gasteiger partial charge on any atom is 0.241 e. The van der Waals surface area contributed by atoms with Crippen molar-refractivity contribution in [2.45, 2.75) is 6.92 Å². The Labute approximate surface area is 122 Å². The van der Waals surface area contributed by atoms with Gasteiger partial charge >= 0.3 is 0 Å². The van der Waals surface area contributed by atoms with Gasteiger partial charge in [0.05, 0.1) is 11.4 Å². The van der Waals surface area contributed by atoms with Crippen LogP contribution < -0.4 is 5.73 Å². The van der Waals surface area contributed by atoms with Gasteiger partial charge < -0.3 is 5.73 Å². The van der Waals surface area contributed by atoms with Crippen molar-refractivity contribution in [3.63, 3.8) is 0 Å². The Hall–Kier alpha value is -2.88. The van der Waals surface area contributed by atoms with Gasteiger partial charge in [-0.15, -0.1) is 0 Å². The van der Waals surface area contributed by atoms with Crippen molar-refractivity contribution in [2.24, 2.45) is 5.73 Å². The van der Waals surface area contributed by atoms with Crippen molar-refractivity contribution in [3.05, 3.63) is 66.0 Å². The number of hydrogen-bond acceptors (Lipinski definition) is 2. The SMILES string of the molecule is Cc1ccn2c(/C=C/C(N)=O)c(-c3ccccc3)nc2c1. The van der Waals surface area contributed by atoms with E-state index in [0.717, 1.165) is 28.2 Å². The van der Waals surface area contributed by atoms with E-state index in [1.165, 1.54) is 6.08 Å². The second-order valence-electron chi connectivity index (χ2n) is 4.88. The maximum atomic E-state index is 11.0. The van der Waals surface area contributed by atoms with E-state index in [-0.39, 0.29) is 0 Å². The summed E-state index contributed by atoms with van der Waals surface area (Å²) in [7, 11) is 0. The predicted octanol–water partition coefficient (Wildman–Crippen LogP) is 2.81. The summed E-state index contributed by atoms with van der Waals surface area (Å²) in [6.07, 6.45) is 5.01. The molecule has 1 amide bonds. The van der Waals surface area contributed by atoms with Crippen LogP contribution in [-0.2, 0) is 4.79 Å². The van der Waals surface area contributed by atoms with E-state index in [9.17, 15) is 4.79 Å². The van der Waals surface area contributed by atoms with Crippen molar-refractivity contribution < 1.29 is 4.79 Å². The first-order valence-corrected chi connectivity index (χ1v) is 6.67. The summed E-state index contributed by atoms with van der Waals surface area (Å²) in [6.45, 7) is 2.02. The average molecular weight is 277 g/mol. The van der Waals surface area contributed by atoms with E-state index >= 15 is 0 Å². The third kappa shape index (κ3) is 2.56. The fraction of sp³-hybridized carbons (Fsp3) is 0.0588. The Morgan fingerprint density at radius 3 is 2.71 bits per heavy atom. The molecule has 104 valence electrons. The van der Waals surface area contributed by atoms with Crippen LogP contribution in [0.2, 0.25) is 0 Å². The molecule has 0 fully saturated rings. The zero-order chi connectivity index (χ0) is 14.8. The summed E-state index contributed by atoms with van der Waals surface area (Å²) in [5, 5.41) is 0. The molecule has 2 heterocycles. The van der Waals surface area contributed by atoms with Crippen molar-refractivity contribution in [2.75, 3.05) is 0 Å². The molecule has 0 saturated heterocycles. The lowest BCUT2D eigenvalue weighted by molar-refractivity contribution is -0.113. The number of fused-ring (bicyclic) bond motifs is 1. The number of pyridine rings is 1. The largest absolute Gasteiger partial charge is 0.366 e. The number of imidazole rings is 1. The first-order valence-electron chi connectivity index (χ1n) is 6.67. The van der Waals surface area contributed by atoms with Crippen LogP contribution in [0.4, 0.5) is 0 Å². The van der Waals surface area contributed by atoms with Crippen LogP contribution in [-0.4, -0.2) is 15.3 Å². The Kier molecular flexibility index (Phi) is 3.28. The van der Waals surface area contributed by atoms with Crippen molar-refractivity contribution >= 4 is 17.6 Å². The summed E-state index contributed by atoms with van der Waals surface area (Å²) < 4.78 is 1.95. The number of nitrogens with zero attached hydrogens (tertiary/aromatic N) is 2. The maximum absolute atomic E-state index is 11.0. The Balaban J connectivity index is 2.27. The van der Waals surface area contributed by atoms with E-state index in [4.69, 9.17) is 5.73 Å². The predicted molar refractivity (Wildman–Crippen MR) is 83.6 cm³/mol. The molecule has 4 nitrogen and oxygen atoms in total. The lowest BCUT2D eigenvalue weighted by Gasteiger charge is -2.00. The van der Waals surface area contributed by atoms with Crippen LogP contribution in [0.3, 0.4) is 0 Å². The Morgan fingerprint density at radius 2 is 2.00 bits per heavy atom. The molecule has 0 aliphatic rings. The number of hydrogen-bond donors (Lipinski definition) is 1. The zero-order valence-corrected chi connectivity index (χ0v) is 11.7. The van der Waals surface area contributed by atoms with Gasteiger partial charge in [0.15, 0.2) is 0 Å². The molecular weight excluding hydrogens is 262 g/mol. The number of carbonyl (C=O) groups is 1. The monoisotopic (exact) mass is 277 g/mol. The van der Waals surface area contributed by atoms with Gasteiger partial charge in [0.1, 0.15) is 5.65 Å². The van der Waals surface area contributed by atoms with Crippen LogP contribution in [0.15, 0.2) is 54.7 Å². The summed E-state index contributed by atoms with van der Waals surface area (Å²) in [4.78, 5) is 15.7. The summed E-state index contributed by atoms with van der Waals surface area (Å²) in [6, 6.07) is 13.9. The summed E-state index contributed by atoms with van der Waals surface area (Å²) in [5.41, 5.74) is 9.87. The van der Waals surface area contributed by atoms with Gasteiger partial charge in [0, 0.05) is 17.8 Å². The molecule has 0 radical (unpaired) electrons. The van der Waals surface area contributed by atoms with Gasteiger partial charge in [-0.2, -0.15) is 0 Å². The highest BCUT2D eigenvalue weighted by atomic mass is 16.1. The summed E-state index contributed by atoms with van der Waals surface area (Å²) in [5.74, 6) is -0.476. The van der Waals surface area contributed by atoms with Crippen LogP contribution >= 0.6 is 0 Å². The number of rotatable bonds is 3. The molecule has 0 spiro atoms. The third-order valence-corrected chi connectivity index (χ3v) is 3.27. The molecule has 1 aromatic carbocycles. The Morgan fingerprint density at radius 1 is 1.24 bits per heavy atom. The van der Waals surface area contributed by atoms with Crippen LogP contribution in [0.25, 0.3) is 23.0 Å². The van der Waals surface area contributed by atoms with E-state index in [1.54, 1.807) is 6.08 Å². The standard InChI is InChI=1S/C17H15N3O/c1-12-9-10-20-14(7-8-15(18)21)17(19-16(20)11-12)13-5-3-2-4-6-13/h2-11H,1H3,(H2,18,21)/b8-7+. The normalized spacial score (nSPS) is 11.3. The molecule has 0 saturated carbocycles. The minimum atomic E-state index is -0.476. The van der Waals surface area contributed by atoms with E-state index < -0.39 is 5.91 Å². The van der Waals surface area contributed by atoms with Gasteiger partial charge in [-0.25, -0.2) is 4.98 Å². The minimum Gasteiger partial charge on any atom is -0.366 e. The molecular formula is C17H15N3O. The number of nitrogens with two attached hydrogens (primary N) is 1. The van der Waals surface area contributed by atoms with Crippen LogP contribution in [0.5, 0.6) is 0 Å². The van der Waals surface area contributed by atoms with Gasteiger partial charge in [0.25, 0.3) is 0 Å².